The van der Waals surface area contributed by atoms with Gasteiger partial charge in [0.15, 0.2) is 5.11 Å². The molecule has 0 bridgehead atoms. The highest BCUT2D eigenvalue weighted by Gasteiger charge is 2.22. The number of morpholine rings is 1. The third-order valence-corrected chi connectivity index (χ3v) is 4.16. The summed E-state index contributed by atoms with van der Waals surface area (Å²) in [6.07, 6.45) is 2.16. The third kappa shape index (κ3) is 4.49. The van der Waals surface area contributed by atoms with Gasteiger partial charge in [0, 0.05) is 24.5 Å². The molecule has 0 amide bonds. The van der Waals surface area contributed by atoms with Crippen molar-refractivity contribution >= 4 is 28.7 Å². The van der Waals surface area contributed by atoms with E-state index in [1.807, 2.05) is 24.3 Å². The van der Waals surface area contributed by atoms with E-state index in [-0.39, 0.29) is 12.2 Å². The molecular formula is C18H23N3O2S. The van der Waals surface area contributed by atoms with Crippen molar-refractivity contribution in [1.29, 1.82) is 0 Å². The number of anilines is 2. The van der Waals surface area contributed by atoms with Crippen LogP contribution in [0.25, 0.3) is 0 Å². The van der Waals surface area contributed by atoms with Crippen LogP contribution in [0.3, 0.4) is 0 Å². The van der Waals surface area contributed by atoms with Gasteiger partial charge in [-0.25, -0.2) is 0 Å². The molecular weight excluding hydrogens is 322 g/mol. The molecule has 0 aliphatic carbocycles. The van der Waals surface area contributed by atoms with Crippen LogP contribution in [0.2, 0.25) is 0 Å². The SMILES string of the molecule is C[C@H]1CN(c2ccc(NC(=S)NCc3ccco3)cc2)C[C@H](C)O1. The molecule has 1 fully saturated rings. The topological polar surface area (TPSA) is 49.7 Å². The predicted molar refractivity (Wildman–Crippen MR) is 100 cm³/mol. The van der Waals surface area contributed by atoms with Crippen molar-refractivity contribution < 1.29 is 9.15 Å². The number of nitrogens with zero attached hydrogens (tertiary/aromatic N) is 1. The van der Waals surface area contributed by atoms with Gasteiger partial charge in [-0.2, -0.15) is 0 Å². The van der Waals surface area contributed by atoms with E-state index in [1.54, 1.807) is 6.26 Å². The minimum Gasteiger partial charge on any atom is -0.467 e. The first-order valence-corrected chi connectivity index (χ1v) is 8.58. The van der Waals surface area contributed by atoms with Gasteiger partial charge >= 0.3 is 0 Å². The lowest BCUT2D eigenvalue weighted by atomic mass is 10.2. The molecule has 0 saturated carbocycles. The fourth-order valence-corrected chi connectivity index (χ4v) is 3.09. The highest BCUT2D eigenvalue weighted by molar-refractivity contribution is 7.80. The van der Waals surface area contributed by atoms with Gasteiger partial charge in [0.05, 0.1) is 25.0 Å². The number of furan rings is 1. The van der Waals surface area contributed by atoms with Gasteiger partial charge in [-0.3, -0.25) is 0 Å². The van der Waals surface area contributed by atoms with Crippen LogP contribution in [-0.4, -0.2) is 30.4 Å². The second kappa shape index (κ2) is 7.68. The first kappa shape index (κ1) is 16.8. The van der Waals surface area contributed by atoms with E-state index in [1.165, 1.54) is 5.69 Å². The Balaban J connectivity index is 1.53. The van der Waals surface area contributed by atoms with Gasteiger partial charge in [-0.15, -0.1) is 0 Å². The van der Waals surface area contributed by atoms with Gasteiger partial charge < -0.3 is 24.7 Å². The summed E-state index contributed by atoms with van der Waals surface area (Å²) in [7, 11) is 0. The van der Waals surface area contributed by atoms with E-state index in [9.17, 15) is 0 Å². The zero-order valence-corrected chi connectivity index (χ0v) is 14.8. The summed E-state index contributed by atoms with van der Waals surface area (Å²) >= 11 is 5.31. The Morgan fingerprint density at radius 1 is 1.17 bits per heavy atom. The van der Waals surface area contributed by atoms with Crippen LogP contribution >= 0.6 is 12.2 Å². The van der Waals surface area contributed by atoms with Crippen LogP contribution in [0.5, 0.6) is 0 Å². The first-order valence-electron chi connectivity index (χ1n) is 8.18. The van der Waals surface area contributed by atoms with Crippen LogP contribution in [0, 0.1) is 0 Å². The molecule has 1 aliphatic rings. The maximum Gasteiger partial charge on any atom is 0.171 e. The van der Waals surface area contributed by atoms with Crippen LogP contribution in [0.1, 0.15) is 19.6 Å². The van der Waals surface area contributed by atoms with E-state index < -0.39 is 0 Å². The molecule has 2 aromatic rings. The largest absolute Gasteiger partial charge is 0.467 e. The predicted octanol–water partition coefficient (Wildman–Crippen LogP) is 3.38. The van der Waals surface area contributed by atoms with E-state index in [2.05, 4.69) is 41.5 Å². The maximum absolute atomic E-state index is 5.78. The first-order chi connectivity index (χ1) is 11.6. The standard InChI is InChI=1S/C18H23N3O2S/c1-13-11-21(12-14(2)23-13)16-7-5-15(6-8-16)20-18(24)19-10-17-4-3-9-22-17/h3-9,13-14H,10-12H2,1-2H3,(H2,19,20,24)/t13-,14-/m0/s1. The van der Waals surface area contributed by atoms with Crippen molar-refractivity contribution in [3.8, 4) is 0 Å². The molecule has 0 spiro atoms. The summed E-state index contributed by atoms with van der Waals surface area (Å²) in [6, 6.07) is 12.1. The lowest BCUT2D eigenvalue weighted by Gasteiger charge is -2.36. The summed E-state index contributed by atoms with van der Waals surface area (Å²) in [5, 5.41) is 6.89. The van der Waals surface area contributed by atoms with Crippen molar-refractivity contribution in [3.63, 3.8) is 0 Å². The Hall–Kier alpha value is -2.05. The number of rotatable bonds is 4. The van der Waals surface area contributed by atoms with Crippen molar-refractivity contribution in [3.05, 3.63) is 48.4 Å². The van der Waals surface area contributed by atoms with Gasteiger partial charge in [0.25, 0.3) is 0 Å². The molecule has 1 saturated heterocycles. The Kier molecular flexibility index (Phi) is 5.37. The number of thiocarbonyl (C=S) groups is 1. The summed E-state index contributed by atoms with van der Waals surface area (Å²) in [5.74, 6) is 0.852. The normalized spacial score (nSPS) is 20.7. The maximum atomic E-state index is 5.78. The molecule has 0 unspecified atom stereocenters. The van der Waals surface area contributed by atoms with E-state index in [0.717, 1.165) is 24.5 Å². The Labute approximate surface area is 148 Å². The minimum atomic E-state index is 0.255. The summed E-state index contributed by atoms with van der Waals surface area (Å²) in [6.45, 7) is 6.63. The Morgan fingerprint density at radius 3 is 2.50 bits per heavy atom. The lowest BCUT2D eigenvalue weighted by molar-refractivity contribution is -0.00521. The highest BCUT2D eigenvalue weighted by atomic mass is 32.1. The second-order valence-corrected chi connectivity index (χ2v) is 6.50. The zero-order chi connectivity index (χ0) is 16.9. The molecule has 1 aromatic heterocycles. The molecule has 2 heterocycles. The molecule has 2 N–H and O–H groups in total. The van der Waals surface area contributed by atoms with Gasteiger partial charge in [0.2, 0.25) is 0 Å². The van der Waals surface area contributed by atoms with Crippen LogP contribution in [-0.2, 0) is 11.3 Å². The van der Waals surface area contributed by atoms with Crippen LogP contribution in [0.4, 0.5) is 11.4 Å². The van der Waals surface area contributed by atoms with Gasteiger partial charge in [0.1, 0.15) is 5.76 Å². The number of ether oxygens (including phenoxy) is 1. The third-order valence-electron chi connectivity index (χ3n) is 3.91. The number of benzene rings is 1. The lowest BCUT2D eigenvalue weighted by Crippen LogP contribution is -2.45. The molecule has 6 heteroatoms. The zero-order valence-electron chi connectivity index (χ0n) is 14.0. The minimum absolute atomic E-state index is 0.255. The van der Waals surface area contributed by atoms with Crippen molar-refractivity contribution in [2.24, 2.45) is 0 Å². The molecule has 24 heavy (non-hydrogen) atoms. The fraction of sp³-hybridized carbons (Fsp3) is 0.389. The monoisotopic (exact) mass is 345 g/mol. The van der Waals surface area contributed by atoms with Crippen LogP contribution < -0.4 is 15.5 Å². The number of hydrogen-bond acceptors (Lipinski definition) is 4. The molecule has 128 valence electrons. The number of nitrogens with one attached hydrogen (secondary N) is 2. The van der Waals surface area contributed by atoms with Crippen LogP contribution in [0.15, 0.2) is 47.1 Å². The molecule has 3 rings (SSSR count). The molecule has 2 atom stereocenters. The van der Waals surface area contributed by atoms with Gasteiger partial charge in [-0.05, 0) is 62.5 Å². The summed E-state index contributed by atoms with van der Waals surface area (Å²) in [5.41, 5.74) is 2.17. The van der Waals surface area contributed by atoms with E-state index in [4.69, 9.17) is 21.4 Å². The van der Waals surface area contributed by atoms with E-state index >= 15 is 0 Å². The van der Waals surface area contributed by atoms with Crippen molar-refractivity contribution in [2.75, 3.05) is 23.3 Å². The molecule has 1 aromatic carbocycles. The van der Waals surface area contributed by atoms with Crippen molar-refractivity contribution in [1.82, 2.24) is 5.32 Å². The fourth-order valence-electron chi connectivity index (χ4n) is 2.90. The smallest absolute Gasteiger partial charge is 0.171 e. The average Bonchev–Trinajstić information content (AvgIpc) is 3.06. The second-order valence-electron chi connectivity index (χ2n) is 6.10. The summed E-state index contributed by atoms with van der Waals surface area (Å²) < 4.78 is 11.1. The molecule has 1 aliphatic heterocycles. The molecule has 0 radical (unpaired) electrons. The molecule has 5 nitrogen and oxygen atoms in total. The average molecular weight is 345 g/mol. The summed E-state index contributed by atoms with van der Waals surface area (Å²) in [4.78, 5) is 2.36. The highest BCUT2D eigenvalue weighted by Crippen LogP contribution is 2.22. The Morgan fingerprint density at radius 2 is 1.88 bits per heavy atom. The van der Waals surface area contributed by atoms with E-state index in [0.29, 0.717) is 11.7 Å². The van der Waals surface area contributed by atoms with Crippen molar-refractivity contribution in [2.45, 2.75) is 32.6 Å². The Bertz CT molecular complexity index is 647. The van der Waals surface area contributed by atoms with Gasteiger partial charge in [-0.1, -0.05) is 0 Å². The quantitative estimate of drug-likeness (QED) is 0.829. The number of hydrogen-bond donors (Lipinski definition) is 2.